The van der Waals surface area contributed by atoms with E-state index in [-0.39, 0.29) is 12.4 Å². The number of hydrogen-bond donors (Lipinski definition) is 2. The van der Waals surface area contributed by atoms with E-state index in [1.54, 1.807) is 6.92 Å². The van der Waals surface area contributed by atoms with E-state index in [0.717, 1.165) is 13.0 Å². The monoisotopic (exact) mass is 224 g/mol. The lowest BCUT2D eigenvalue weighted by atomic mass is 10.4. The van der Waals surface area contributed by atoms with Gasteiger partial charge in [-0.05, 0) is 26.9 Å². The standard InChI is InChI=1S/C8H20N2O3S/c1-3-14(12,13)9-5-4-6-10(2)7-8-11/h9,11H,3-8H2,1-2H3. The van der Waals surface area contributed by atoms with E-state index in [1.807, 2.05) is 11.9 Å². The summed E-state index contributed by atoms with van der Waals surface area (Å²) in [5, 5.41) is 8.61. The van der Waals surface area contributed by atoms with Crippen LogP contribution in [-0.2, 0) is 10.0 Å². The molecule has 14 heavy (non-hydrogen) atoms. The molecule has 0 fully saturated rings. The highest BCUT2D eigenvalue weighted by atomic mass is 32.2. The third kappa shape index (κ3) is 7.25. The van der Waals surface area contributed by atoms with Crippen LogP contribution < -0.4 is 4.72 Å². The highest BCUT2D eigenvalue weighted by molar-refractivity contribution is 7.89. The first-order valence-electron chi connectivity index (χ1n) is 4.78. The maximum Gasteiger partial charge on any atom is 0.211 e. The molecule has 0 saturated heterocycles. The summed E-state index contributed by atoms with van der Waals surface area (Å²) in [6.07, 6.45) is 0.760. The van der Waals surface area contributed by atoms with Crippen LogP contribution in [0.15, 0.2) is 0 Å². The third-order valence-corrected chi connectivity index (χ3v) is 3.30. The zero-order chi connectivity index (χ0) is 11.0. The van der Waals surface area contributed by atoms with Crippen molar-refractivity contribution in [3.63, 3.8) is 0 Å². The second kappa shape index (κ2) is 7.17. The number of sulfonamides is 1. The van der Waals surface area contributed by atoms with Crippen molar-refractivity contribution in [2.75, 3.05) is 39.0 Å². The Morgan fingerprint density at radius 1 is 1.36 bits per heavy atom. The molecule has 0 aliphatic heterocycles. The van der Waals surface area contributed by atoms with Gasteiger partial charge < -0.3 is 10.0 Å². The van der Waals surface area contributed by atoms with Crippen LogP contribution in [0.1, 0.15) is 13.3 Å². The van der Waals surface area contributed by atoms with E-state index in [0.29, 0.717) is 13.1 Å². The third-order valence-electron chi connectivity index (χ3n) is 1.90. The van der Waals surface area contributed by atoms with Crippen molar-refractivity contribution < 1.29 is 13.5 Å². The molecule has 0 saturated carbocycles. The molecule has 0 aromatic carbocycles. The molecule has 0 radical (unpaired) electrons. The molecule has 0 aliphatic carbocycles. The number of aliphatic hydroxyl groups is 1. The van der Waals surface area contributed by atoms with E-state index < -0.39 is 10.0 Å². The molecule has 0 aromatic heterocycles. The molecule has 6 heteroatoms. The zero-order valence-electron chi connectivity index (χ0n) is 8.86. The SMILES string of the molecule is CCS(=O)(=O)NCCCN(C)CCO. The van der Waals surface area contributed by atoms with Gasteiger partial charge >= 0.3 is 0 Å². The van der Waals surface area contributed by atoms with Crippen molar-refractivity contribution in [1.82, 2.24) is 9.62 Å². The predicted octanol–water partition coefficient (Wildman–Crippen LogP) is -0.760. The summed E-state index contributed by atoms with van der Waals surface area (Å²) in [7, 11) is -1.15. The normalized spacial score (nSPS) is 12.3. The summed E-state index contributed by atoms with van der Waals surface area (Å²) in [4.78, 5) is 1.96. The Hall–Kier alpha value is -0.170. The smallest absolute Gasteiger partial charge is 0.211 e. The summed E-state index contributed by atoms with van der Waals surface area (Å²) in [5.74, 6) is 0.124. The molecule has 0 amide bonds. The molecule has 0 unspecified atom stereocenters. The van der Waals surface area contributed by atoms with Crippen LogP contribution in [-0.4, -0.2) is 57.5 Å². The van der Waals surface area contributed by atoms with Crippen LogP contribution >= 0.6 is 0 Å². The maximum absolute atomic E-state index is 11.0. The van der Waals surface area contributed by atoms with Crippen molar-refractivity contribution in [1.29, 1.82) is 0 Å². The Morgan fingerprint density at radius 2 is 2.00 bits per heavy atom. The minimum absolute atomic E-state index is 0.124. The molecule has 0 atom stereocenters. The molecular formula is C8H20N2O3S. The van der Waals surface area contributed by atoms with Gasteiger partial charge in [0, 0.05) is 13.1 Å². The summed E-state index contributed by atoms with van der Waals surface area (Å²) in [6.45, 7) is 3.62. The highest BCUT2D eigenvalue weighted by Crippen LogP contribution is 1.87. The zero-order valence-corrected chi connectivity index (χ0v) is 9.68. The lowest BCUT2D eigenvalue weighted by molar-refractivity contribution is 0.220. The van der Waals surface area contributed by atoms with E-state index in [2.05, 4.69) is 4.72 Å². The van der Waals surface area contributed by atoms with Crippen LogP contribution in [0.25, 0.3) is 0 Å². The van der Waals surface area contributed by atoms with Crippen molar-refractivity contribution in [3.05, 3.63) is 0 Å². The van der Waals surface area contributed by atoms with Gasteiger partial charge in [0.1, 0.15) is 0 Å². The molecule has 0 aromatic rings. The first-order valence-corrected chi connectivity index (χ1v) is 6.43. The van der Waals surface area contributed by atoms with E-state index >= 15 is 0 Å². The summed E-state index contributed by atoms with van der Waals surface area (Å²) in [6, 6.07) is 0. The predicted molar refractivity (Wildman–Crippen MR) is 56.7 cm³/mol. The summed E-state index contributed by atoms with van der Waals surface area (Å²) >= 11 is 0. The largest absolute Gasteiger partial charge is 0.395 e. The Kier molecular flexibility index (Phi) is 7.08. The lowest BCUT2D eigenvalue weighted by Gasteiger charge is -2.14. The molecule has 0 rings (SSSR count). The van der Waals surface area contributed by atoms with Gasteiger partial charge in [-0.1, -0.05) is 0 Å². The quantitative estimate of drug-likeness (QED) is 0.532. The van der Waals surface area contributed by atoms with Gasteiger partial charge in [0.25, 0.3) is 0 Å². The first kappa shape index (κ1) is 13.8. The fourth-order valence-corrected chi connectivity index (χ4v) is 1.62. The second-order valence-electron chi connectivity index (χ2n) is 3.18. The Labute approximate surface area is 86.2 Å². The fourth-order valence-electron chi connectivity index (χ4n) is 0.961. The van der Waals surface area contributed by atoms with Gasteiger partial charge in [0.05, 0.1) is 12.4 Å². The van der Waals surface area contributed by atoms with Gasteiger partial charge in [0.15, 0.2) is 0 Å². The molecule has 0 aliphatic rings. The highest BCUT2D eigenvalue weighted by Gasteiger charge is 2.04. The lowest BCUT2D eigenvalue weighted by Crippen LogP contribution is -2.30. The Bertz CT molecular complexity index is 229. The van der Waals surface area contributed by atoms with Gasteiger partial charge in [-0.3, -0.25) is 0 Å². The molecule has 0 bridgehead atoms. The van der Waals surface area contributed by atoms with Crippen molar-refractivity contribution in [3.8, 4) is 0 Å². The number of likely N-dealkylation sites (N-methyl/N-ethyl adjacent to an activating group) is 1. The van der Waals surface area contributed by atoms with Crippen molar-refractivity contribution in [2.45, 2.75) is 13.3 Å². The molecule has 5 nitrogen and oxygen atoms in total. The molecule has 0 heterocycles. The number of nitrogens with one attached hydrogen (secondary N) is 1. The van der Waals surface area contributed by atoms with E-state index in [4.69, 9.17) is 5.11 Å². The molecule has 0 spiro atoms. The van der Waals surface area contributed by atoms with Crippen molar-refractivity contribution in [2.24, 2.45) is 0 Å². The van der Waals surface area contributed by atoms with Gasteiger partial charge in [0.2, 0.25) is 10.0 Å². The van der Waals surface area contributed by atoms with Gasteiger partial charge in [-0.25, -0.2) is 13.1 Å². The average Bonchev–Trinajstić information content (AvgIpc) is 2.13. The molecule has 86 valence electrons. The maximum atomic E-state index is 11.0. The van der Waals surface area contributed by atoms with Gasteiger partial charge in [-0.15, -0.1) is 0 Å². The van der Waals surface area contributed by atoms with Crippen LogP contribution in [0, 0.1) is 0 Å². The van der Waals surface area contributed by atoms with Crippen LogP contribution in [0.3, 0.4) is 0 Å². The van der Waals surface area contributed by atoms with Crippen LogP contribution in [0.2, 0.25) is 0 Å². The topological polar surface area (TPSA) is 69.6 Å². The fraction of sp³-hybridized carbons (Fsp3) is 1.00. The number of nitrogens with zero attached hydrogens (tertiary/aromatic N) is 1. The number of hydrogen-bond acceptors (Lipinski definition) is 4. The second-order valence-corrected chi connectivity index (χ2v) is 5.27. The summed E-state index contributed by atoms with van der Waals surface area (Å²) in [5.41, 5.74) is 0. The summed E-state index contributed by atoms with van der Waals surface area (Å²) < 4.78 is 24.5. The van der Waals surface area contributed by atoms with E-state index in [1.165, 1.54) is 0 Å². The minimum atomic E-state index is -3.05. The van der Waals surface area contributed by atoms with Crippen LogP contribution in [0.4, 0.5) is 0 Å². The number of aliphatic hydroxyl groups excluding tert-OH is 1. The van der Waals surface area contributed by atoms with Crippen LogP contribution in [0.5, 0.6) is 0 Å². The van der Waals surface area contributed by atoms with E-state index in [9.17, 15) is 8.42 Å². The molecular weight excluding hydrogens is 204 g/mol. The van der Waals surface area contributed by atoms with Crippen molar-refractivity contribution >= 4 is 10.0 Å². The Morgan fingerprint density at radius 3 is 2.50 bits per heavy atom. The first-order chi connectivity index (χ1) is 6.52. The van der Waals surface area contributed by atoms with Gasteiger partial charge in [-0.2, -0.15) is 0 Å². The minimum Gasteiger partial charge on any atom is -0.395 e. The molecule has 2 N–H and O–H groups in total. The number of rotatable bonds is 8. The average molecular weight is 224 g/mol. The Balaban J connectivity index is 3.47.